The fourth-order valence-electron chi connectivity index (χ4n) is 2.62. The van der Waals surface area contributed by atoms with E-state index in [4.69, 9.17) is 4.74 Å². The summed E-state index contributed by atoms with van der Waals surface area (Å²) in [6.07, 6.45) is 3.01. The topological polar surface area (TPSA) is 53.6 Å². The molecular weight excluding hydrogens is 285 g/mol. The number of methoxy groups -OCH3 is 1. The number of carbonyl (C=O) groups excluding carboxylic acids is 1. The van der Waals surface area contributed by atoms with Crippen molar-refractivity contribution in [3.05, 3.63) is 24.0 Å². The third-order valence-electron chi connectivity index (χ3n) is 3.81. The molecular formula is C16H24FN3O2. The second-order valence-electron chi connectivity index (χ2n) is 5.55. The lowest BCUT2D eigenvalue weighted by molar-refractivity contribution is 0.165. The average molecular weight is 309 g/mol. The summed E-state index contributed by atoms with van der Waals surface area (Å²) in [5.74, 6) is -0.344. The molecule has 2 N–H and O–H groups in total. The predicted molar refractivity (Wildman–Crippen MR) is 86.0 cm³/mol. The Labute approximate surface area is 130 Å². The Hall–Kier alpha value is -1.82. The number of urea groups is 1. The summed E-state index contributed by atoms with van der Waals surface area (Å²) in [5, 5.41) is 5.51. The van der Waals surface area contributed by atoms with Gasteiger partial charge in [-0.2, -0.15) is 0 Å². The number of hydrogen-bond donors (Lipinski definition) is 2. The lowest BCUT2D eigenvalue weighted by Gasteiger charge is -2.20. The fourth-order valence-corrected chi connectivity index (χ4v) is 2.62. The Balaban J connectivity index is 2.00. The van der Waals surface area contributed by atoms with Gasteiger partial charge in [-0.1, -0.05) is 6.92 Å². The molecule has 1 aliphatic heterocycles. The number of nitrogens with one attached hydrogen (secondary N) is 2. The van der Waals surface area contributed by atoms with Crippen LogP contribution in [0.2, 0.25) is 0 Å². The first-order valence-electron chi connectivity index (χ1n) is 7.74. The monoisotopic (exact) mass is 309 g/mol. The van der Waals surface area contributed by atoms with E-state index in [1.165, 1.54) is 12.1 Å². The minimum atomic E-state index is -0.345. The van der Waals surface area contributed by atoms with Crippen molar-refractivity contribution in [1.82, 2.24) is 5.32 Å². The quantitative estimate of drug-likeness (QED) is 0.849. The van der Waals surface area contributed by atoms with Crippen LogP contribution in [0, 0.1) is 5.82 Å². The first kappa shape index (κ1) is 16.5. The van der Waals surface area contributed by atoms with Crippen molar-refractivity contribution < 1.29 is 13.9 Å². The third-order valence-corrected chi connectivity index (χ3v) is 3.81. The molecule has 6 heteroatoms. The Morgan fingerprint density at radius 2 is 2.09 bits per heavy atom. The number of benzene rings is 1. The molecule has 1 atom stereocenters. The number of ether oxygens (including phenoxy) is 1. The smallest absolute Gasteiger partial charge is 0.319 e. The van der Waals surface area contributed by atoms with Crippen LogP contribution in [0.5, 0.6) is 0 Å². The summed E-state index contributed by atoms with van der Waals surface area (Å²) in [5.41, 5.74) is 1.28. The minimum absolute atomic E-state index is 0.0587. The third kappa shape index (κ3) is 4.59. The molecule has 0 saturated carbocycles. The van der Waals surface area contributed by atoms with Crippen LogP contribution >= 0.6 is 0 Å². The zero-order valence-electron chi connectivity index (χ0n) is 13.2. The van der Waals surface area contributed by atoms with Gasteiger partial charge in [0.15, 0.2) is 0 Å². The molecule has 122 valence electrons. The van der Waals surface area contributed by atoms with Crippen molar-refractivity contribution >= 4 is 17.4 Å². The van der Waals surface area contributed by atoms with Gasteiger partial charge in [0.25, 0.3) is 0 Å². The molecule has 2 amide bonds. The number of carbonyl (C=O) groups is 1. The van der Waals surface area contributed by atoms with Gasteiger partial charge in [0.1, 0.15) is 5.82 Å². The molecule has 0 bridgehead atoms. The number of hydrogen-bond acceptors (Lipinski definition) is 3. The Bertz CT molecular complexity index is 504. The summed E-state index contributed by atoms with van der Waals surface area (Å²) in [6.45, 7) is 4.28. The summed E-state index contributed by atoms with van der Waals surface area (Å²) >= 11 is 0. The average Bonchev–Trinajstić information content (AvgIpc) is 3.00. The molecule has 0 aliphatic carbocycles. The van der Waals surface area contributed by atoms with Crippen LogP contribution in [0.25, 0.3) is 0 Å². The summed E-state index contributed by atoms with van der Waals surface area (Å²) in [6, 6.07) is 4.24. The van der Waals surface area contributed by atoms with Gasteiger partial charge < -0.3 is 20.3 Å². The molecule has 1 aromatic carbocycles. The molecule has 1 saturated heterocycles. The van der Waals surface area contributed by atoms with E-state index in [2.05, 4.69) is 15.5 Å². The Morgan fingerprint density at radius 3 is 2.73 bits per heavy atom. The molecule has 1 fully saturated rings. The first-order chi connectivity index (χ1) is 10.6. The highest BCUT2D eigenvalue weighted by atomic mass is 19.1. The fraction of sp³-hybridized carbons (Fsp3) is 0.562. The molecule has 1 heterocycles. The van der Waals surface area contributed by atoms with Crippen LogP contribution < -0.4 is 15.5 Å². The molecule has 1 aromatic rings. The highest BCUT2D eigenvalue weighted by Gasteiger charge is 2.15. The SMILES string of the molecule is CCC(COC)NC(=O)Nc1cc(F)cc(N2CCCC2)c1. The van der Waals surface area contributed by atoms with Crippen molar-refractivity contribution in [3.63, 3.8) is 0 Å². The van der Waals surface area contributed by atoms with Crippen LogP contribution in [-0.4, -0.2) is 38.9 Å². The summed E-state index contributed by atoms with van der Waals surface area (Å²) < 4.78 is 18.8. The highest BCUT2D eigenvalue weighted by Crippen LogP contribution is 2.25. The van der Waals surface area contributed by atoms with Crippen LogP contribution in [0.4, 0.5) is 20.6 Å². The molecule has 0 radical (unpaired) electrons. The molecule has 0 spiro atoms. The number of halogens is 1. The predicted octanol–water partition coefficient (Wildman–Crippen LogP) is 2.97. The maximum atomic E-state index is 13.8. The highest BCUT2D eigenvalue weighted by molar-refractivity contribution is 5.90. The first-order valence-corrected chi connectivity index (χ1v) is 7.74. The molecule has 5 nitrogen and oxygen atoms in total. The van der Waals surface area contributed by atoms with Crippen molar-refractivity contribution in [1.29, 1.82) is 0 Å². The molecule has 0 aromatic heterocycles. The van der Waals surface area contributed by atoms with Crippen LogP contribution in [0.1, 0.15) is 26.2 Å². The van der Waals surface area contributed by atoms with Gasteiger partial charge in [-0.05, 0) is 37.5 Å². The molecule has 1 aliphatic rings. The number of anilines is 2. The van der Waals surface area contributed by atoms with Crippen molar-refractivity contribution in [2.45, 2.75) is 32.2 Å². The van der Waals surface area contributed by atoms with E-state index in [9.17, 15) is 9.18 Å². The number of amides is 2. The zero-order chi connectivity index (χ0) is 15.9. The summed E-state index contributed by atoms with van der Waals surface area (Å²) in [4.78, 5) is 14.1. The Kier molecular flexibility index (Phi) is 6.00. The second kappa shape index (κ2) is 7.98. The van der Waals surface area contributed by atoms with Crippen molar-refractivity contribution in [2.75, 3.05) is 37.0 Å². The van der Waals surface area contributed by atoms with E-state index in [0.717, 1.165) is 38.0 Å². The van der Waals surface area contributed by atoms with Gasteiger partial charge in [-0.3, -0.25) is 0 Å². The van der Waals surface area contributed by atoms with Crippen molar-refractivity contribution in [2.24, 2.45) is 0 Å². The van der Waals surface area contributed by atoms with Gasteiger partial charge in [-0.15, -0.1) is 0 Å². The lowest BCUT2D eigenvalue weighted by Crippen LogP contribution is -2.40. The van der Waals surface area contributed by atoms with Crippen LogP contribution in [0.3, 0.4) is 0 Å². The number of rotatable bonds is 6. The lowest BCUT2D eigenvalue weighted by atomic mass is 10.2. The largest absolute Gasteiger partial charge is 0.383 e. The van der Waals surface area contributed by atoms with E-state index in [0.29, 0.717) is 12.3 Å². The molecule has 1 unspecified atom stereocenters. The van der Waals surface area contributed by atoms with E-state index >= 15 is 0 Å². The van der Waals surface area contributed by atoms with E-state index in [-0.39, 0.29) is 17.9 Å². The molecule has 2 rings (SSSR count). The minimum Gasteiger partial charge on any atom is -0.383 e. The van der Waals surface area contributed by atoms with Gasteiger partial charge in [0.2, 0.25) is 0 Å². The molecule has 22 heavy (non-hydrogen) atoms. The zero-order valence-corrected chi connectivity index (χ0v) is 13.2. The van der Waals surface area contributed by atoms with E-state index < -0.39 is 0 Å². The normalized spacial score (nSPS) is 15.7. The van der Waals surface area contributed by atoms with Crippen LogP contribution in [0.15, 0.2) is 18.2 Å². The maximum Gasteiger partial charge on any atom is 0.319 e. The van der Waals surface area contributed by atoms with E-state index in [1.54, 1.807) is 7.11 Å². The van der Waals surface area contributed by atoms with Crippen molar-refractivity contribution in [3.8, 4) is 0 Å². The standard InChI is InChI=1S/C16H24FN3O2/c1-3-13(11-22-2)18-16(21)19-14-8-12(17)9-15(10-14)20-6-4-5-7-20/h8-10,13H,3-7,11H2,1-2H3,(H2,18,19,21). The number of nitrogens with zero attached hydrogens (tertiary/aromatic N) is 1. The second-order valence-corrected chi connectivity index (χ2v) is 5.55. The van der Waals surface area contributed by atoms with Crippen LogP contribution in [-0.2, 0) is 4.74 Å². The van der Waals surface area contributed by atoms with Gasteiger partial charge in [0, 0.05) is 31.6 Å². The summed E-state index contributed by atoms with van der Waals surface area (Å²) in [7, 11) is 1.59. The maximum absolute atomic E-state index is 13.8. The van der Waals surface area contributed by atoms with Gasteiger partial charge >= 0.3 is 6.03 Å². The van der Waals surface area contributed by atoms with Gasteiger partial charge in [-0.25, -0.2) is 9.18 Å². The van der Waals surface area contributed by atoms with E-state index in [1.807, 2.05) is 13.0 Å². The van der Waals surface area contributed by atoms with Gasteiger partial charge in [0.05, 0.1) is 12.6 Å². The Morgan fingerprint density at radius 1 is 1.36 bits per heavy atom.